The molecule has 0 amide bonds. The third-order valence-electron chi connectivity index (χ3n) is 1.98. The van der Waals surface area contributed by atoms with Crippen molar-refractivity contribution in [1.29, 1.82) is 0 Å². The first-order chi connectivity index (χ1) is 5.25. The Balaban J connectivity index is 2.16. The largest absolute Gasteiger partial charge is 0.321 e. The van der Waals surface area contributed by atoms with Crippen LogP contribution in [-0.2, 0) is 4.79 Å². The highest BCUT2D eigenvalue weighted by Crippen LogP contribution is 2.31. The number of nitrogens with two attached hydrogens (primary N) is 1. The quantitative estimate of drug-likeness (QED) is 0.675. The van der Waals surface area contributed by atoms with Crippen molar-refractivity contribution in [1.82, 2.24) is 0 Å². The number of hydrogen-bond acceptors (Lipinski definition) is 3. The average Bonchev–Trinajstić information content (AvgIpc) is 2.81. The summed E-state index contributed by atoms with van der Waals surface area (Å²) in [6.45, 7) is 0. The molecule has 1 rings (SSSR count). The predicted octanol–water partition coefficient (Wildman–Crippen LogP) is 1.05. The Hall–Kier alpha value is -0.0200. The lowest BCUT2D eigenvalue weighted by Gasteiger charge is -2.07. The van der Waals surface area contributed by atoms with E-state index in [2.05, 4.69) is 0 Å². The van der Waals surface area contributed by atoms with Crippen molar-refractivity contribution in [2.75, 3.05) is 12.0 Å². The molecule has 0 aromatic rings. The molecule has 0 heterocycles. The van der Waals surface area contributed by atoms with Crippen LogP contribution >= 0.6 is 11.8 Å². The van der Waals surface area contributed by atoms with Crippen LogP contribution in [-0.4, -0.2) is 23.8 Å². The van der Waals surface area contributed by atoms with Crippen molar-refractivity contribution in [3.63, 3.8) is 0 Å². The van der Waals surface area contributed by atoms with Crippen molar-refractivity contribution in [3.8, 4) is 0 Å². The smallest absolute Gasteiger partial charge is 0.152 e. The zero-order valence-electron chi connectivity index (χ0n) is 6.88. The molecule has 1 atom stereocenters. The maximum absolute atomic E-state index is 11.3. The molecule has 64 valence electrons. The van der Waals surface area contributed by atoms with Gasteiger partial charge in [-0.2, -0.15) is 11.8 Å². The molecule has 2 nitrogen and oxygen atoms in total. The fourth-order valence-electron chi connectivity index (χ4n) is 1.06. The molecule has 0 bridgehead atoms. The molecule has 0 unspecified atom stereocenters. The van der Waals surface area contributed by atoms with Crippen molar-refractivity contribution in [2.45, 2.75) is 25.3 Å². The van der Waals surface area contributed by atoms with E-state index in [0.717, 1.165) is 25.0 Å². The van der Waals surface area contributed by atoms with Crippen LogP contribution < -0.4 is 5.73 Å². The Morgan fingerprint density at radius 2 is 2.36 bits per heavy atom. The summed E-state index contributed by atoms with van der Waals surface area (Å²) in [6.07, 6.45) is 5.03. The van der Waals surface area contributed by atoms with Crippen molar-refractivity contribution in [2.24, 2.45) is 11.7 Å². The van der Waals surface area contributed by atoms with Crippen LogP contribution in [0, 0.1) is 5.92 Å². The van der Waals surface area contributed by atoms with Crippen LogP contribution in [0.3, 0.4) is 0 Å². The number of rotatable bonds is 5. The second-order valence-electron chi connectivity index (χ2n) is 3.06. The summed E-state index contributed by atoms with van der Waals surface area (Å²) in [7, 11) is 0. The highest BCUT2D eigenvalue weighted by Gasteiger charge is 2.32. The number of hydrogen-bond donors (Lipinski definition) is 1. The van der Waals surface area contributed by atoms with Crippen LogP contribution in [0.4, 0.5) is 0 Å². The van der Waals surface area contributed by atoms with Crippen LogP contribution in [0.25, 0.3) is 0 Å². The molecule has 1 fully saturated rings. The van der Waals surface area contributed by atoms with Gasteiger partial charge in [0.25, 0.3) is 0 Å². The minimum absolute atomic E-state index is 0.185. The normalized spacial score (nSPS) is 19.8. The Morgan fingerprint density at radius 1 is 1.73 bits per heavy atom. The number of ketones is 1. The summed E-state index contributed by atoms with van der Waals surface area (Å²) in [4.78, 5) is 11.3. The van der Waals surface area contributed by atoms with E-state index in [1.165, 1.54) is 0 Å². The maximum atomic E-state index is 11.3. The third-order valence-corrected chi connectivity index (χ3v) is 2.62. The van der Waals surface area contributed by atoms with Gasteiger partial charge >= 0.3 is 0 Å². The second kappa shape index (κ2) is 4.12. The molecule has 1 saturated carbocycles. The molecule has 0 saturated heterocycles. The van der Waals surface area contributed by atoms with E-state index < -0.39 is 0 Å². The number of thioether (sulfide) groups is 1. The van der Waals surface area contributed by atoms with Gasteiger partial charge in [0.15, 0.2) is 5.78 Å². The molecular weight excluding hydrogens is 158 g/mol. The van der Waals surface area contributed by atoms with Gasteiger partial charge in [0, 0.05) is 5.92 Å². The topological polar surface area (TPSA) is 43.1 Å². The van der Waals surface area contributed by atoms with E-state index in [4.69, 9.17) is 5.73 Å². The lowest BCUT2D eigenvalue weighted by molar-refractivity contribution is -0.121. The van der Waals surface area contributed by atoms with Gasteiger partial charge in [-0.1, -0.05) is 0 Å². The fraction of sp³-hybridized carbons (Fsp3) is 0.875. The lowest BCUT2D eigenvalue weighted by atomic mass is 10.1. The van der Waals surface area contributed by atoms with Gasteiger partial charge in [0.1, 0.15) is 0 Å². The van der Waals surface area contributed by atoms with Gasteiger partial charge in [-0.05, 0) is 31.3 Å². The van der Waals surface area contributed by atoms with E-state index in [9.17, 15) is 4.79 Å². The minimum atomic E-state index is -0.185. The molecule has 0 aromatic heterocycles. The Morgan fingerprint density at radius 3 is 2.82 bits per heavy atom. The second-order valence-corrected chi connectivity index (χ2v) is 4.05. The Labute approximate surface area is 71.9 Å². The monoisotopic (exact) mass is 173 g/mol. The Kier molecular flexibility index (Phi) is 3.40. The van der Waals surface area contributed by atoms with E-state index >= 15 is 0 Å². The summed E-state index contributed by atoms with van der Waals surface area (Å²) in [5.41, 5.74) is 5.68. The molecule has 11 heavy (non-hydrogen) atoms. The summed E-state index contributed by atoms with van der Waals surface area (Å²) in [6, 6.07) is -0.185. The number of carbonyl (C=O) groups excluding carboxylic acids is 1. The molecule has 0 aliphatic heterocycles. The van der Waals surface area contributed by atoms with E-state index in [0.29, 0.717) is 11.7 Å². The third kappa shape index (κ3) is 2.83. The van der Waals surface area contributed by atoms with Crippen LogP contribution in [0.1, 0.15) is 19.3 Å². The summed E-state index contributed by atoms with van der Waals surface area (Å²) in [5, 5.41) is 0. The molecule has 0 spiro atoms. The molecule has 0 aromatic carbocycles. The van der Waals surface area contributed by atoms with Crippen molar-refractivity contribution in [3.05, 3.63) is 0 Å². The van der Waals surface area contributed by atoms with Gasteiger partial charge in [-0.15, -0.1) is 0 Å². The van der Waals surface area contributed by atoms with Gasteiger partial charge < -0.3 is 5.73 Å². The van der Waals surface area contributed by atoms with Gasteiger partial charge in [-0.25, -0.2) is 0 Å². The van der Waals surface area contributed by atoms with E-state index in [1.807, 2.05) is 6.26 Å². The molecule has 0 radical (unpaired) electrons. The summed E-state index contributed by atoms with van der Waals surface area (Å²) < 4.78 is 0. The molecule has 2 N–H and O–H groups in total. The summed E-state index contributed by atoms with van der Waals surface area (Å²) >= 11 is 1.75. The molecule has 1 aliphatic carbocycles. The van der Waals surface area contributed by atoms with Crippen LogP contribution in [0.15, 0.2) is 0 Å². The van der Waals surface area contributed by atoms with Gasteiger partial charge in [0.2, 0.25) is 0 Å². The van der Waals surface area contributed by atoms with Crippen molar-refractivity contribution >= 4 is 17.5 Å². The highest BCUT2D eigenvalue weighted by atomic mass is 32.2. The zero-order chi connectivity index (χ0) is 8.27. The predicted molar refractivity (Wildman–Crippen MR) is 48.7 cm³/mol. The first-order valence-electron chi connectivity index (χ1n) is 4.04. The molecule has 1 aliphatic rings. The van der Waals surface area contributed by atoms with E-state index in [1.54, 1.807) is 11.8 Å². The molecule has 3 heteroatoms. The SMILES string of the molecule is CSCC[C@H](N)C(=O)C1CC1. The number of Topliss-reactive ketones (excluding diaryl/α,β-unsaturated/α-hetero) is 1. The van der Waals surface area contributed by atoms with Crippen LogP contribution in [0.2, 0.25) is 0 Å². The molecular formula is C8H15NOS. The first kappa shape index (κ1) is 9.07. The lowest BCUT2D eigenvalue weighted by Crippen LogP contribution is -2.32. The van der Waals surface area contributed by atoms with Crippen LogP contribution in [0.5, 0.6) is 0 Å². The maximum Gasteiger partial charge on any atom is 0.152 e. The highest BCUT2D eigenvalue weighted by molar-refractivity contribution is 7.98. The van der Waals surface area contributed by atoms with Gasteiger partial charge in [-0.3, -0.25) is 4.79 Å². The minimum Gasteiger partial charge on any atom is -0.321 e. The standard InChI is InChI=1S/C8H15NOS/c1-11-5-4-7(9)8(10)6-2-3-6/h6-7H,2-5,9H2,1H3/t7-/m0/s1. The average molecular weight is 173 g/mol. The number of carbonyl (C=O) groups is 1. The van der Waals surface area contributed by atoms with Crippen molar-refractivity contribution < 1.29 is 4.79 Å². The van der Waals surface area contributed by atoms with Gasteiger partial charge in [0.05, 0.1) is 6.04 Å². The summed E-state index contributed by atoms with van der Waals surface area (Å²) in [5.74, 6) is 1.62. The van der Waals surface area contributed by atoms with E-state index in [-0.39, 0.29) is 6.04 Å². The zero-order valence-corrected chi connectivity index (χ0v) is 7.69. The Bertz CT molecular complexity index is 145. The fourth-order valence-corrected chi connectivity index (χ4v) is 1.55. The first-order valence-corrected chi connectivity index (χ1v) is 5.43.